The molecule has 0 amide bonds. The fourth-order valence-electron chi connectivity index (χ4n) is 6.55. The second-order valence-corrected chi connectivity index (χ2v) is 10.6. The standard InChI is InChI=1S/C31H33N5.2ClH.Co/c1-3-12-22(13-4-1)35-28-20-9-7-16-24(28)33-30(35)26-18-11-19-27(32-26)31-34-25-17-8-10-21-29(25)36(31)23-14-5-2-6-15-23;;;/h7-11,16-23H,1-6,12-15H2;2*1H;/q;;;+2/p-2. The molecule has 2 saturated carbocycles. The van der Waals surface area contributed by atoms with E-state index in [0.29, 0.717) is 12.1 Å². The quantitative estimate of drug-likeness (QED) is 0.316. The molecule has 0 unspecified atom stereocenters. The van der Waals surface area contributed by atoms with Gasteiger partial charge in [-0.3, -0.25) is 0 Å². The molecule has 3 heterocycles. The summed E-state index contributed by atoms with van der Waals surface area (Å²) >= 11 is 0. The van der Waals surface area contributed by atoms with Gasteiger partial charge in [0.2, 0.25) is 0 Å². The normalized spacial score (nSPS) is 16.4. The van der Waals surface area contributed by atoms with Gasteiger partial charge in [0.25, 0.3) is 0 Å². The summed E-state index contributed by atoms with van der Waals surface area (Å²) in [5, 5.41) is 0. The zero-order chi connectivity index (χ0) is 23.9. The second-order valence-electron chi connectivity index (χ2n) is 10.6. The van der Waals surface area contributed by atoms with E-state index in [2.05, 4.69) is 75.9 Å². The van der Waals surface area contributed by atoms with Crippen LogP contribution in [0.4, 0.5) is 0 Å². The SMILES string of the molecule is [Cl-].[Cl-].[Co+2].c1cc(-c2nc3ccccc3n2C2CCCCC2)nc(-c2nc3ccccc3n2C2CCCCC2)c1. The molecule has 205 valence electrons. The fourth-order valence-corrected chi connectivity index (χ4v) is 6.55. The summed E-state index contributed by atoms with van der Waals surface area (Å²) in [6.07, 6.45) is 12.7. The summed E-state index contributed by atoms with van der Waals surface area (Å²) in [4.78, 5) is 15.5. The maximum absolute atomic E-state index is 5.25. The van der Waals surface area contributed by atoms with E-state index in [1.807, 2.05) is 0 Å². The Morgan fingerprint density at radius 2 is 0.897 bits per heavy atom. The van der Waals surface area contributed by atoms with Crippen LogP contribution in [0.25, 0.3) is 45.1 Å². The number of fused-ring (bicyclic) bond motifs is 2. The molecule has 0 N–H and O–H groups in total. The van der Waals surface area contributed by atoms with Crippen molar-refractivity contribution in [1.82, 2.24) is 24.1 Å². The monoisotopic (exact) mass is 604 g/mol. The topological polar surface area (TPSA) is 48.5 Å². The number of aromatic nitrogens is 5. The Morgan fingerprint density at radius 1 is 0.487 bits per heavy atom. The first kappa shape index (κ1) is 29.6. The van der Waals surface area contributed by atoms with Crippen molar-refractivity contribution >= 4 is 22.1 Å². The number of hydrogen-bond acceptors (Lipinski definition) is 3. The zero-order valence-corrected chi connectivity index (χ0v) is 24.5. The number of benzene rings is 2. The van der Waals surface area contributed by atoms with Crippen LogP contribution in [0, 0.1) is 0 Å². The van der Waals surface area contributed by atoms with Gasteiger partial charge in [0.1, 0.15) is 11.4 Å². The molecule has 0 atom stereocenters. The van der Waals surface area contributed by atoms with E-state index < -0.39 is 0 Å². The molecule has 0 saturated heterocycles. The summed E-state index contributed by atoms with van der Waals surface area (Å²) in [7, 11) is 0. The molecule has 0 spiro atoms. The molecule has 39 heavy (non-hydrogen) atoms. The summed E-state index contributed by atoms with van der Waals surface area (Å²) in [5.74, 6) is 1.98. The zero-order valence-electron chi connectivity index (χ0n) is 21.9. The smallest absolute Gasteiger partial charge is 1.00 e. The van der Waals surface area contributed by atoms with E-state index >= 15 is 0 Å². The summed E-state index contributed by atoms with van der Waals surface area (Å²) in [6.45, 7) is 0. The molecular weight excluding hydrogens is 572 g/mol. The van der Waals surface area contributed by atoms with E-state index in [1.165, 1.54) is 75.2 Å². The van der Waals surface area contributed by atoms with Crippen LogP contribution in [-0.4, -0.2) is 24.1 Å². The Balaban J connectivity index is 0.00000118. The Bertz CT molecular complexity index is 1420. The van der Waals surface area contributed by atoms with Crippen LogP contribution >= 0.6 is 0 Å². The molecular formula is C31H33Cl2CoN5. The number of para-hydroxylation sites is 4. The molecule has 2 aromatic carbocycles. The van der Waals surface area contributed by atoms with Crippen molar-refractivity contribution in [1.29, 1.82) is 0 Å². The Morgan fingerprint density at radius 3 is 1.33 bits per heavy atom. The first-order valence-corrected chi connectivity index (χ1v) is 13.8. The van der Waals surface area contributed by atoms with Crippen LogP contribution < -0.4 is 24.8 Å². The van der Waals surface area contributed by atoms with Crippen LogP contribution in [0.3, 0.4) is 0 Å². The molecule has 2 aliphatic carbocycles. The second kappa shape index (κ2) is 12.9. The summed E-state index contributed by atoms with van der Waals surface area (Å²) in [5.41, 5.74) is 6.44. The molecule has 3 aromatic heterocycles. The van der Waals surface area contributed by atoms with Crippen molar-refractivity contribution in [3.05, 3.63) is 66.7 Å². The average molecular weight is 605 g/mol. The summed E-state index contributed by atoms with van der Waals surface area (Å²) in [6, 6.07) is 24.5. The van der Waals surface area contributed by atoms with E-state index in [1.54, 1.807) is 0 Å². The van der Waals surface area contributed by atoms with Gasteiger partial charge in [0.15, 0.2) is 11.6 Å². The first-order valence-electron chi connectivity index (χ1n) is 13.8. The predicted octanol–water partition coefficient (Wildman–Crippen LogP) is 2.13. The van der Waals surface area contributed by atoms with Gasteiger partial charge in [-0.15, -0.1) is 0 Å². The number of nitrogens with zero attached hydrogens (tertiary/aromatic N) is 5. The van der Waals surface area contributed by atoms with Crippen LogP contribution in [-0.2, 0) is 16.8 Å². The molecule has 5 nitrogen and oxygen atoms in total. The minimum atomic E-state index is 0. The fraction of sp³-hybridized carbons (Fsp3) is 0.387. The summed E-state index contributed by atoms with van der Waals surface area (Å²) < 4.78 is 4.95. The van der Waals surface area contributed by atoms with Crippen LogP contribution in [0.2, 0.25) is 0 Å². The molecule has 8 heteroatoms. The minimum absolute atomic E-state index is 0. The molecule has 7 rings (SSSR count). The van der Waals surface area contributed by atoms with Crippen molar-refractivity contribution in [2.24, 2.45) is 0 Å². The van der Waals surface area contributed by atoms with E-state index in [-0.39, 0.29) is 41.6 Å². The number of halogens is 2. The van der Waals surface area contributed by atoms with Gasteiger partial charge < -0.3 is 33.9 Å². The number of hydrogen-bond donors (Lipinski definition) is 0. The van der Waals surface area contributed by atoms with Crippen molar-refractivity contribution in [3.63, 3.8) is 0 Å². The first-order chi connectivity index (χ1) is 17.9. The largest absolute Gasteiger partial charge is 2.00 e. The van der Waals surface area contributed by atoms with Gasteiger partial charge in [-0.25, -0.2) is 15.0 Å². The minimum Gasteiger partial charge on any atom is -1.00 e. The van der Waals surface area contributed by atoms with Crippen molar-refractivity contribution in [2.45, 2.75) is 76.3 Å². The van der Waals surface area contributed by atoms with Crippen molar-refractivity contribution in [2.75, 3.05) is 0 Å². The van der Waals surface area contributed by atoms with E-state index in [9.17, 15) is 0 Å². The van der Waals surface area contributed by atoms with Gasteiger partial charge in [0, 0.05) is 12.1 Å². The maximum Gasteiger partial charge on any atom is 2.00 e. The molecule has 2 aliphatic rings. The predicted molar refractivity (Wildman–Crippen MR) is 146 cm³/mol. The molecule has 1 radical (unpaired) electrons. The third kappa shape index (κ3) is 5.49. The third-order valence-corrected chi connectivity index (χ3v) is 8.28. The third-order valence-electron chi connectivity index (χ3n) is 8.28. The molecule has 0 aliphatic heterocycles. The average Bonchev–Trinajstić information content (AvgIpc) is 3.53. The maximum atomic E-state index is 5.25. The van der Waals surface area contributed by atoms with Gasteiger partial charge in [-0.2, -0.15) is 0 Å². The van der Waals surface area contributed by atoms with Crippen molar-refractivity contribution < 1.29 is 41.6 Å². The Hall–Kier alpha value is -2.38. The van der Waals surface area contributed by atoms with Gasteiger partial charge in [-0.05, 0) is 62.1 Å². The van der Waals surface area contributed by atoms with Gasteiger partial charge >= 0.3 is 16.8 Å². The number of pyridine rings is 1. The van der Waals surface area contributed by atoms with E-state index in [0.717, 1.165) is 34.1 Å². The molecule has 5 aromatic rings. The molecule has 2 fully saturated rings. The van der Waals surface area contributed by atoms with Crippen LogP contribution in [0.15, 0.2) is 66.7 Å². The van der Waals surface area contributed by atoms with Crippen molar-refractivity contribution in [3.8, 4) is 23.0 Å². The number of imidazole rings is 2. The molecule has 0 bridgehead atoms. The number of rotatable bonds is 4. The van der Waals surface area contributed by atoms with Gasteiger partial charge in [-0.1, -0.05) is 68.9 Å². The van der Waals surface area contributed by atoms with E-state index in [4.69, 9.17) is 15.0 Å². The van der Waals surface area contributed by atoms with Crippen LogP contribution in [0.1, 0.15) is 76.3 Å². The Labute approximate surface area is 252 Å². The van der Waals surface area contributed by atoms with Gasteiger partial charge in [0.05, 0.1) is 22.1 Å². The van der Waals surface area contributed by atoms with Crippen LogP contribution in [0.5, 0.6) is 0 Å². The Kier molecular flexibility index (Phi) is 9.76.